The predicted octanol–water partition coefficient (Wildman–Crippen LogP) is 4.21. The number of carbonyl (C=O) groups is 1. The highest BCUT2D eigenvalue weighted by atomic mass is 19.1. The number of rotatable bonds is 4. The Balaban J connectivity index is 2.03. The van der Waals surface area contributed by atoms with E-state index in [4.69, 9.17) is 0 Å². The molecule has 1 amide bonds. The van der Waals surface area contributed by atoms with Gasteiger partial charge in [0.2, 0.25) is 0 Å². The molecule has 0 aromatic heterocycles. The van der Waals surface area contributed by atoms with Gasteiger partial charge in [-0.05, 0) is 62.3 Å². The first-order chi connectivity index (χ1) is 12.0. The van der Waals surface area contributed by atoms with E-state index in [9.17, 15) is 18.7 Å². The Hall–Kier alpha value is -2.47. The second-order valence-electron chi connectivity index (χ2n) is 6.34. The molecule has 2 aromatic carbocycles. The lowest BCUT2D eigenvalue weighted by atomic mass is 10.0. The molecule has 0 saturated carbocycles. The lowest BCUT2D eigenvalue weighted by molar-refractivity contribution is 0.198. The van der Waals surface area contributed by atoms with Gasteiger partial charge in [-0.15, -0.1) is 0 Å². The number of carboxylic acid groups (broad SMARTS) is 1. The number of anilines is 1. The molecule has 1 fully saturated rings. The summed E-state index contributed by atoms with van der Waals surface area (Å²) < 4.78 is 27.4. The van der Waals surface area contributed by atoms with Crippen molar-refractivity contribution in [2.24, 2.45) is 0 Å². The smallest absolute Gasteiger partial charge is 0.411 e. The zero-order chi connectivity index (χ0) is 18.0. The monoisotopic (exact) mass is 346 g/mol. The van der Waals surface area contributed by atoms with Gasteiger partial charge in [0.1, 0.15) is 11.6 Å². The first-order valence-electron chi connectivity index (χ1n) is 8.22. The van der Waals surface area contributed by atoms with E-state index in [1.807, 2.05) is 7.05 Å². The average molecular weight is 346 g/mol. The quantitative estimate of drug-likeness (QED) is 0.902. The van der Waals surface area contributed by atoms with Crippen molar-refractivity contribution in [3.05, 3.63) is 54.1 Å². The van der Waals surface area contributed by atoms with Crippen LogP contribution in [0.2, 0.25) is 0 Å². The summed E-state index contributed by atoms with van der Waals surface area (Å²) in [5.74, 6) is -0.952. The fraction of sp³-hybridized carbons (Fsp3) is 0.316. The SMILES string of the molecule is CN1CCC[C@H]1CN(C(=O)O)c1cc(F)ccc1-c1cccc(F)c1. The minimum absolute atomic E-state index is 0.0831. The van der Waals surface area contributed by atoms with Crippen LogP contribution in [0.3, 0.4) is 0 Å². The van der Waals surface area contributed by atoms with E-state index in [0.717, 1.165) is 24.3 Å². The summed E-state index contributed by atoms with van der Waals surface area (Å²) in [5, 5.41) is 9.70. The highest BCUT2D eigenvalue weighted by molar-refractivity contribution is 5.93. The number of hydrogen-bond donors (Lipinski definition) is 1. The summed E-state index contributed by atoms with van der Waals surface area (Å²) in [5.41, 5.74) is 1.24. The van der Waals surface area contributed by atoms with Crippen LogP contribution in [-0.4, -0.2) is 42.3 Å². The van der Waals surface area contributed by atoms with Crippen molar-refractivity contribution < 1.29 is 18.7 Å². The van der Waals surface area contributed by atoms with E-state index in [1.165, 1.54) is 30.3 Å². The maximum absolute atomic E-state index is 13.9. The third-order valence-electron chi connectivity index (χ3n) is 4.68. The van der Waals surface area contributed by atoms with Crippen molar-refractivity contribution in [2.45, 2.75) is 18.9 Å². The predicted molar refractivity (Wildman–Crippen MR) is 92.8 cm³/mol. The van der Waals surface area contributed by atoms with Gasteiger partial charge < -0.3 is 10.0 Å². The number of amides is 1. The number of benzene rings is 2. The van der Waals surface area contributed by atoms with E-state index in [2.05, 4.69) is 4.90 Å². The summed E-state index contributed by atoms with van der Waals surface area (Å²) in [7, 11) is 1.96. The topological polar surface area (TPSA) is 43.8 Å². The summed E-state index contributed by atoms with van der Waals surface area (Å²) >= 11 is 0. The van der Waals surface area contributed by atoms with Crippen LogP contribution < -0.4 is 4.90 Å². The molecule has 2 aromatic rings. The second kappa shape index (κ2) is 7.19. The third kappa shape index (κ3) is 3.79. The van der Waals surface area contributed by atoms with Crippen molar-refractivity contribution in [2.75, 3.05) is 25.0 Å². The summed E-state index contributed by atoms with van der Waals surface area (Å²) in [6, 6.07) is 9.89. The maximum Gasteiger partial charge on any atom is 0.411 e. The lowest BCUT2D eigenvalue weighted by Crippen LogP contribution is -2.41. The van der Waals surface area contributed by atoms with Gasteiger partial charge in [-0.2, -0.15) is 0 Å². The van der Waals surface area contributed by atoms with Gasteiger partial charge in [0.15, 0.2) is 0 Å². The molecule has 0 unspecified atom stereocenters. The van der Waals surface area contributed by atoms with Crippen LogP contribution >= 0.6 is 0 Å². The van der Waals surface area contributed by atoms with E-state index < -0.39 is 17.7 Å². The van der Waals surface area contributed by atoms with Crippen molar-refractivity contribution in [3.8, 4) is 11.1 Å². The zero-order valence-corrected chi connectivity index (χ0v) is 14.0. The van der Waals surface area contributed by atoms with Gasteiger partial charge in [-0.1, -0.05) is 12.1 Å². The Labute approximate surface area is 145 Å². The molecule has 1 aliphatic heterocycles. The van der Waals surface area contributed by atoms with E-state index in [-0.39, 0.29) is 18.3 Å². The Morgan fingerprint density at radius 2 is 2.00 bits per heavy atom. The summed E-state index contributed by atoms with van der Waals surface area (Å²) in [6.07, 6.45) is 0.753. The molecule has 0 bridgehead atoms. The number of hydrogen-bond acceptors (Lipinski definition) is 2. The second-order valence-corrected chi connectivity index (χ2v) is 6.34. The van der Waals surface area contributed by atoms with Gasteiger partial charge in [0.05, 0.1) is 5.69 Å². The van der Waals surface area contributed by atoms with Crippen molar-refractivity contribution >= 4 is 11.8 Å². The molecular formula is C19H20F2N2O2. The van der Waals surface area contributed by atoms with Crippen molar-refractivity contribution in [1.82, 2.24) is 4.90 Å². The van der Waals surface area contributed by atoms with E-state index >= 15 is 0 Å². The molecule has 4 nitrogen and oxygen atoms in total. The van der Waals surface area contributed by atoms with Crippen molar-refractivity contribution in [1.29, 1.82) is 0 Å². The zero-order valence-electron chi connectivity index (χ0n) is 14.0. The van der Waals surface area contributed by atoms with E-state index in [0.29, 0.717) is 11.1 Å². The maximum atomic E-state index is 13.9. The first kappa shape index (κ1) is 17.4. The Morgan fingerprint density at radius 1 is 1.24 bits per heavy atom. The van der Waals surface area contributed by atoms with E-state index in [1.54, 1.807) is 12.1 Å². The normalized spacial score (nSPS) is 17.6. The number of likely N-dealkylation sites (N-methyl/N-ethyl adjacent to an activating group) is 1. The van der Waals surface area contributed by atoms with Gasteiger partial charge in [0, 0.05) is 18.2 Å². The van der Waals surface area contributed by atoms with Crippen molar-refractivity contribution in [3.63, 3.8) is 0 Å². The van der Waals surface area contributed by atoms with Crippen LogP contribution in [0.1, 0.15) is 12.8 Å². The van der Waals surface area contributed by atoms with Gasteiger partial charge >= 0.3 is 6.09 Å². The fourth-order valence-corrected chi connectivity index (χ4v) is 3.33. The van der Waals surface area contributed by atoms with Crippen LogP contribution in [0.15, 0.2) is 42.5 Å². The Morgan fingerprint density at radius 3 is 2.64 bits per heavy atom. The van der Waals surface area contributed by atoms with Gasteiger partial charge in [-0.25, -0.2) is 13.6 Å². The molecule has 1 N–H and O–H groups in total. The van der Waals surface area contributed by atoms with Gasteiger partial charge in [0.25, 0.3) is 0 Å². The molecule has 0 aliphatic carbocycles. The molecule has 132 valence electrons. The van der Waals surface area contributed by atoms with Gasteiger partial charge in [-0.3, -0.25) is 4.90 Å². The van der Waals surface area contributed by atoms with Crippen LogP contribution in [0.4, 0.5) is 19.3 Å². The first-order valence-corrected chi connectivity index (χ1v) is 8.22. The molecule has 1 atom stereocenters. The summed E-state index contributed by atoms with van der Waals surface area (Å²) in [6.45, 7) is 1.16. The number of nitrogens with zero attached hydrogens (tertiary/aromatic N) is 2. The van der Waals surface area contributed by atoms with Crippen LogP contribution in [0.5, 0.6) is 0 Å². The Bertz CT molecular complexity index is 782. The number of halogens is 2. The third-order valence-corrected chi connectivity index (χ3v) is 4.68. The largest absolute Gasteiger partial charge is 0.465 e. The molecule has 1 heterocycles. The highest BCUT2D eigenvalue weighted by Gasteiger charge is 2.28. The fourth-order valence-electron chi connectivity index (χ4n) is 3.33. The lowest BCUT2D eigenvalue weighted by Gasteiger charge is -2.28. The molecule has 25 heavy (non-hydrogen) atoms. The molecular weight excluding hydrogens is 326 g/mol. The standard InChI is InChI=1S/C19H20F2N2O2/c1-22-9-3-6-16(22)12-23(19(24)25)18-11-15(21)7-8-17(18)13-4-2-5-14(20)10-13/h2,4-5,7-8,10-11,16H,3,6,9,12H2,1H3,(H,24,25)/t16-/m0/s1. The molecule has 6 heteroatoms. The highest BCUT2D eigenvalue weighted by Crippen LogP contribution is 2.33. The van der Waals surface area contributed by atoms with Crippen LogP contribution in [0, 0.1) is 11.6 Å². The molecule has 3 rings (SSSR count). The summed E-state index contributed by atoms with van der Waals surface area (Å²) in [4.78, 5) is 15.1. The van der Waals surface area contributed by atoms with Crippen LogP contribution in [-0.2, 0) is 0 Å². The number of likely N-dealkylation sites (tertiary alicyclic amines) is 1. The molecule has 1 aliphatic rings. The minimum atomic E-state index is -1.15. The molecule has 0 radical (unpaired) electrons. The Kier molecular flexibility index (Phi) is 4.99. The molecule has 0 spiro atoms. The van der Waals surface area contributed by atoms with Crippen LogP contribution in [0.25, 0.3) is 11.1 Å². The average Bonchev–Trinajstić information content (AvgIpc) is 2.97. The minimum Gasteiger partial charge on any atom is -0.465 e. The molecule has 1 saturated heterocycles.